The van der Waals surface area contributed by atoms with Gasteiger partial charge in [-0.3, -0.25) is 0 Å². The second kappa shape index (κ2) is 3.94. The quantitative estimate of drug-likeness (QED) is 0.425. The molecule has 0 rings (SSSR count). The van der Waals surface area contributed by atoms with Crippen molar-refractivity contribution in [2.45, 2.75) is 0 Å². The molecule has 0 saturated carbocycles. The molecular formula is C4H2F4O. The molecule has 0 aliphatic heterocycles. The van der Waals surface area contributed by atoms with Gasteiger partial charge in [-0.1, -0.05) is 0 Å². The van der Waals surface area contributed by atoms with Crippen LogP contribution in [0.3, 0.4) is 0 Å². The predicted octanol–water partition coefficient (Wildman–Crippen LogP) is 2.48. The van der Waals surface area contributed by atoms with Gasteiger partial charge in [0.25, 0.3) is 0 Å². The van der Waals surface area contributed by atoms with Crippen molar-refractivity contribution >= 4 is 0 Å². The predicted molar refractivity (Wildman–Crippen MR) is 21.7 cm³/mol. The molecule has 0 aliphatic carbocycles. The van der Waals surface area contributed by atoms with Gasteiger partial charge in [-0.05, 0) is 0 Å². The van der Waals surface area contributed by atoms with Crippen LogP contribution in [0.1, 0.15) is 0 Å². The molecule has 0 aliphatic rings. The largest absolute Gasteiger partial charge is 0.401 e. The lowest BCUT2D eigenvalue weighted by atomic mass is 11.0. The van der Waals surface area contributed by atoms with Crippen LogP contribution >= 0.6 is 0 Å². The summed E-state index contributed by atoms with van der Waals surface area (Å²) in [6, 6.07) is -3.66. The van der Waals surface area contributed by atoms with Gasteiger partial charge in [-0.25, -0.2) is 8.78 Å². The summed E-state index contributed by atoms with van der Waals surface area (Å²) in [6.45, 7) is 0. The zero-order chi connectivity index (χ0) is 7.28. The minimum absolute atomic E-state index is 0.636. The summed E-state index contributed by atoms with van der Waals surface area (Å²) >= 11 is 0. The van der Waals surface area contributed by atoms with Crippen LogP contribution in [0, 0.1) is 0 Å². The molecule has 0 heterocycles. The first-order valence-corrected chi connectivity index (χ1v) is 1.80. The molecule has 0 saturated heterocycles. The van der Waals surface area contributed by atoms with Crippen LogP contribution in [-0.2, 0) is 4.74 Å². The van der Waals surface area contributed by atoms with E-state index in [1.807, 2.05) is 0 Å². The molecule has 0 spiro atoms. The molecule has 0 aromatic heterocycles. The van der Waals surface area contributed by atoms with Crippen LogP contribution in [0.25, 0.3) is 0 Å². The third kappa shape index (κ3) is 3.57. The third-order valence-corrected chi connectivity index (χ3v) is 0.367. The van der Waals surface area contributed by atoms with Gasteiger partial charge in [0, 0.05) is 0 Å². The lowest BCUT2D eigenvalue weighted by Crippen LogP contribution is -1.79. The summed E-state index contributed by atoms with van der Waals surface area (Å²) in [5, 5.41) is 0. The fourth-order valence-corrected chi connectivity index (χ4v) is 0.138. The van der Waals surface area contributed by atoms with Crippen LogP contribution in [0.4, 0.5) is 17.6 Å². The smallest absolute Gasteiger partial charge is 0.308 e. The van der Waals surface area contributed by atoms with E-state index in [1.54, 1.807) is 0 Å². The maximum atomic E-state index is 11.4. The molecule has 52 valence electrons. The SMILES string of the molecule is FC=C(F)OC(F)=CF. The molecule has 5 heteroatoms. The zero-order valence-corrected chi connectivity index (χ0v) is 4.07. The highest BCUT2D eigenvalue weighted by Crippen LogP contribution is 2.08. The lowest BCUT2D eigenvalue weighted by molar-refractivity contribution is 0.143. The van der Waals surface area contributed by atoms with Gasteiger partial charge in [0.2, 0.25) is 0 Å². The Hall–Kier alpha value is -1.00. The highest BCUT2D eigenvalue weighted by Gasteiger charge is 1.99. The van der Waals surface area contributed by atoms with Crippen LogP contribution in [-0.4, -0.2) is 0 Å². The zero-order valence-electron chi connectivity index (χ0n) is 4.07. The van der Waals surface area contributed by atoms with Crippen molar-refractivity contribution < 1.29 is 22.3 Å². The molecule has 0 radical (unpaired) electrons. The fourth-order valence-electron chi connectivity index (χ4n) is 0.138. The standard InChI is InChI=1S/C4H2F4O/c5-1-3(7)9-4(8)2-6/h1-2H. The Morgan fingerprint density at radius 1 is 1.00 bits per heavy atom. The third-order valence-electron chi connectivity index (χ3n) is 0.367. The molecule has 0 atom stereocenters. The number of halogens is 4. The maximum absolute atomic E-state index is 11.4. The molecule has 1 nitrogen and oxygen atoms in total. The first kappa shape index (κ1) is 8.00. The van der Waals surface area contributed by atoms with Crippen LogP contribution in [0.5, 0.6) is 0 Å². The van der Waals surface area contributed by atoms with Crippen LogP contribution in [0.2, 0.25) is 0 Å². The Morgan fingerprint density at radius 2 is 1.33 bits per heavy atom. The molecule has 0 aromatic carbocycles. The molecule has 0 fully saturated rings. The Balaban J connectivity index is 3.75. The summed E-state index contributed by atoms with van der Waals surface area (Å²) in [6.07, 6.45) is -1.27. The average Bonchev–Trinajstić information content (AvgIpc) is 1.87. The Morgan fingerprint density at radius 3 is 1.56 bits per heavy atom. The van der Waals surface area contributed by atoms with Gasteiger partial charge in [0.1, 0.15) is 0 Å². The van der Waals surface area contributed by atoms with E-state index >= 15 is 0 Å². The van der Waals surface area contributed by atoms with E-state index in [9.17, 15) is 17.6 Å². The molecule has 0 amide bonds. The molecule has 0 unspecified atom stereocenters. The number of hydrogen-bond donors (Lipinski definition) is 0. The van der Waals surface area contributed by atoms with E-state index in [-0.39, 0.29) is 0 Å². The van der Waals surface area contributed by atoms with E-state index in [0.717, 1.165) is 0 Å². The van der Waals surface area contributed by atoms with E-state index < -0.39 is 24.7 Å². The maximum Gasteiger partial charge on any atom is 0.308 e. The van der Waals surface area contributed by atoms with Crippen LogP contribution in [0.15, 0.2) is 24.7 Å². The highest BCUT2D eigenvalue weighted by atomic mass is 19.2. The monoisotopic (exact) mass is 142 g/mol. The first-order chi connectivity index (χ1) is 4.20. The molecule has 9 heavy (non-hydrogen) atoms. The van der Waals surface area contributed by atoms with Crippen molar-refractivity contribution in [1.82, 2.24) is 0 Å². The fraction of sp³-hybridized carbons (Fsp3) is 0. The van der Waals surface area contributed by atoms with Gasteiger partial charge in [-0.15, -0.1) is 0 Å². The number of hydrogen-bond acceptors (Lipinski definition) is 1. The van der Waals surface area contributed by atoms with E-state index in [2.05, 4.69) is 4.74 Å². The summed E-state index contributed by atoms with van der Waals surface area (Å²) < 4.78 is 47.8. The minimum Gasteiger partial charge on any atom is -0.401 e. The van der Waals surface area contributed by atoms with Gasteiger partial charge in [-0.2, -0.15) is 8.78 Å². The van der Waals surface area contributed by atoms with Crippen molar-refractivity contribution in [3.63, 3.8) is 0 Å². The summed E-state index contributed by atoms with van der Waals surface area (Å²) in [5.74, 6) is 0. The number of ether oxygens (including phenoxy) is 1. The topological polar surface area (TPSA) is 9.23 Å². The van der Waals surface area contributed by atoms with E-state index in [1.165, 1.54) is 0 Å². The Labute approximate surface area is 48.2 Å². The summed E-state index contributed by atoms with van der Waals surface area (Å²) in [4.78, 5) is 0. The van der Waals surface area contributed by atoms with Crippen molar-refractivity contribution in [2.75, 3.05) is 0 Å². The summed E-state index contributed by atoms with van der Waals surface area (Å²) in [7, 11) is 0. The van der Waals surface area contributed by atoms with Gasteiger partial charge >= 0.3 is 12.0 Å². The normalized spacial score (nSPS) is 13.8. The second-order valence-corrected chi connectivity index (χ2v) is 0.929. The second-order valence-electron chi connectivity index (χ2n) is 0.929. The highest BCUT2D eigenvalue weighted by molar-refractivity contribution is 4.81. The van der Waals surface area contributed by atoms with Gasteiger partial charge in [0.05, 0.1) is 0 Å². The minimum atomic E-state index is -1.83. The Kier molecular flexibility index (Phi) is 3.50. The first-order valence-electron chi connectivity index (χ1n) is 1.80. The summed E-state index contributed by atoms with van der Waals surface area (Å²) in [5.41, 5.74) is 0. The van der Waals surface area contributed by atoms with Gasteiger partial charge < -0.3 is 4.74 Å². The van der Waals surface area contributed by atoms with Crippen molar-refractivity contribution in [3.8, 4) is 0 Å². The van der Waals surface area contributed by atoms with Crippen LogP contribution < -0.4 is 0 Å². The average molecular weight is 142 g/mol. The van der Waals surface area contributed by atoms with E-state index in [0.29, 0.717) is 0 Å². The number of rotatable bonds is 2. The lowest BCUT2D eigenvalue weighted by Gasteiger charge is -1.92. The Bertz CT molecular complexity index is 124. The van der Waals surface area contributed by atoms with Crippen molar-refractivity contribution in [1.29, 1.82) is 0 Å². The van der Waals surface area contributed by atoms with Crippen molar-refractivity contribution in [3.05, 3.63) is 24.7 Å². The molecule has 0 aromatic rings. The molecule has 0 bridgehead atoms. The van der Waals surface area contributed by atoms with Crippen molar-refractivity contribution in [2.24, 2.45) is 0 Å². The molecular weight excluding hydrogens is 140 g/mol. The van der Waals surface area contributed by atoms with Gasteiger partial charge in [0.15, 0.2) is 12.7 Å². The molecule has 0 N–H and O–H groups in total. The van der Waals surface area contributed by atoms with E-state index in [4.69, 9.17) is 0 Å².